The first-order valence-corrected chi connectivity index (χ1v) is 10.8. The molecule has 1 aromatic heterocycles. The number of para-hydroxylation sites is 1. The highest BCUT2D eigenvalue weighted by atomic mass is 16.1. The SMILES string of the molecule is Cc1ccc(-c2c3ccccc3c(C(=O)c3ccccc3)c3[nH]c4ccccc4c23)cc1. The standard InChI is InChI=1S/C30H21NO/c1-19-15-17-20(18-16-19)26-22-11-5-6-12-23(22)28(30(32)21-9-3-2-4-10-21)29-27(26)24-13-7-8-14-25(24)31-29/h2-18,31H,1H3. The summed E-state index contributed by atoms with van der Waals surface area (Å²) >= 11 is 0. The molecule has 152 valence electrons. The normalized spacial score (nSPS) is 11.4. The van der Waals surface area contributed by atoms with E-state index in [1.54, 1.807) is 0 Å². The van der Waals surface area contributed by atoms with Crippen molar-refractivity contribution < 1.29 is 4.79 Å². The summed E-state index contributed by atoms with van der Waals surface area (Å²) in [6, 6.07) is 34.8. The molecule has 0 aliphatic rings. The van der Waals surface area contributed by atoms with Gasteiger partial charge in [-0.3, -0.25) is 4.79 Å². The third kappa shape index (κ3) is 2.77. The zero-order chi connectivity index (χ0) is 21.7. The molecule has 1 N–H and O–H groups in total. The topological polar surface area (TPSA) is 32.9 Å². The highest BCUT2D eigenvalue weighted by molar-refractivity contribution is 6.32. The summed E-state index contributed by atoms with van der Waals surface area (Å²) in [5, 5.41) is 4.29. The first-order valence-electron chi connectivity index (χ1n) is 10.8. The van der Waals surface area contributed by atoms with Gasteiger partial charge in [-0.05, 0) is 34.9 Å². The van der Waals surface area contributed by atoms with E-state index in [2.05, 4.69) is 72.6 Å². The lowest BCUT2D eigenvalue weighted by Gasteiger charge is -2.15. The van der Waals surface area contributed by atoms with Crippen LogP contribution in [-0.4, -0.2) is 10.8 Å². The molecule has 0 radical (unpaired) electrons. The van der Waals surface area contributed by atoms with Gasteiger partial charge in [-0.1, -0.05) is 103 Å². The van der Waals surface area contributed by atoms with Gasteiger partial charge in [0.25, 0.3) is 0 Å². The van der Waals surface area contributed by atoms with Crippen molar-refractivity contribution in [2.75, 3.05) is 0 Å². The van der Waals surface area contributed by atoms with Crippen molar-refractivity contribution in [1.82, 2.24) is 4.98 Å². The predicted molar refractivity (Wildman–Crippen MR) is 133 cm³/mol. The second-order valence-corrected chi connectivity index (χ2v) is 8.28. The number of hydrogen-bond acceptors (Lipinski definition) is 1. The number of ketones is 1. The number of aryl methyl sites for hydroxylation is 1. The van der Waals surface area contributed by atoms with E-state index in [-0.39, 0.29) is 5.78 Å². The van der Waals surface area contributed by atoms with Crippen molar-refractivity contribution in [1.29, 1.82) is 0 Å². The number of rotatable bonds is 3. The van der Waals surface area contributed by atoms with Gasteiger partial charge in [0, 0.05) is 21.9 Å². The first kappa shape index (κ1) is 18.6. The molecule has 2 nitrogen and oxygen atoms in total. The Morgan fingerprint density at radius 3 is 2.03 bits per heavy atom. The van der Waals surface area contributed by atoms with Crippen LogP contribution in [0.1, 0.15) is 21.5 Å². The summed E-state index contributed by atoms with van der Waals surface area (Å²) in [7, 11) is 0. The molecule has 2 heteroatoms. The van der Waals surface area contributed by atoms with Crippen molar-refractivity contribution in [3.8, 4) is 11.1 Å². The Bertz CT molecular complexity index is 1620. The Labute approximate surface area is 186 Å². The maximum absolute atomic E-state index is 13.8. The van der Waals surface area contributed by atoms with E-state index >= 15 is 0 Å². The van der Waals surface area contributed by atoms with Crippen molar-refractivity contribution >= 4 is 38.4 Å². The van der Waals surface area contributed by atoms with Crippen LogP contribution in [0.15, 0.2) is 103 Å². The second-order valence-electron chi connectivity index (χ2n) is 8.28. The first-order chi connectivity index (χ1) is 15.7. The van der Waals surface area contributed by atoms with Crippen LogP contribution >= 0.6 is 0 Å². The van der Waals surface area contributed by atoms with Gasteiger partial charge in [0.1, 0.15) is 0 Å². The largest absolute Gasteiger partial charge is 0.354 e. The van der Waals surface area contributed by atoms with Crippen LogP contribution < -0.4 is 0 Å². The molecular formula is C30H21NO. The monoisotopic (exact) mass is 411 g/mol. The van der Waals surface area contributed by atoms with Gasteiger partial charge in [-0.2, -0.15) is 0 Å². The van der Waals surface area contributed by atoms with Crippen molar-refractivity contribution in [2.24, 2.45) is 0 Å². The Hall–Kier alpha value is -4.17. The van der Waals surface area contributed by atoms with Crippen LogP contribution in [0.3, 0.4) is 0 Å². The van der Waals surface area contributed by atoms with Crippen LogP contribution in [0.5, 0.6) is 0 Å². The zero-order valence-corrected chi connectivity index (χ0v) is 17.7. The highest BCUT2D eigenvalue weighted by Crippen LogP contribution is 2.43. The fourth-order valence-corrected chi connectivity index (χ4v) is 4.77. The number of H-pyrrole nitrogens is 1. The van der Waals surface area contributed by atoms with Crippen molar-refractivity contribution in [3.05, 3.63) is 120 Å². The van der Waals surface area contributed by atoms with Gasteiger partial charge in [0.05, 0.1) is 11.1 Å². The molecule has 0 fully saturated rings. The van der Waals surface area contributed by atoms with Gasteiger partial charge >= 0.3 is 0 Å². The summed E-state index contributed by atoms with van der Waals surface area (Å²) in [5.74, 6) is 0.0359. The molecule has 5 aromatic carbocycles. The molecule has 0 aliphatic heterocycles. The third-order valence-corrected chi connectivity index (χ3v) is 6.28. The predicted octanol–water partition coefficient (Wildman–Crippen LogP) is 7.68. The molecule has 0 bridgehead atoms. The molecule has 0 saturated heterocycles. The third-order valence-electron chi connectivity index (χ3n) is 6.28. The molecule has 6 rings (SSSR count). The van der Waals surface area contributed by atoms with E-state index in [9.17, 15) is 4.79 Å². The average molecular weight is 412 g/mol. The number of aromatic nitrogens is 1. The van der Waals surface area contributed by atoms with Crippen LogP contribution in [-0.2, 0) is 0 Å². The lowest BCUT2D eigenvalue weighted by Crippen LogP contribution is -2.04. The Balaban J connectivity index is 1.83. The molecule has 0 aliphatic carbocycles. The number of fused-ring (bicyclic) bond motifs is 4. The molecular weight excluding hydrogens is 390 g/mol. The highest BCUT2D eigenvalue weighted by Gasteiger charge is 2.23. The molecule has 6 aromatic rings. The van der Waals surface area contributed by atoms with E-state index in [1.165, 1.54) is 5.56 Å². The summed E-state index contributed by atoms with van der Waals surface area (Å²) < 4.78 is 0. The Morgan fingerprint density at radius 1 is 0.656 bits per heavy atom. The molecule has 32 heavy (non-hydrogen) atoms. The number of hydrogen-bond donors (Lipinski definition) is 1. The fraction of sp³-hybridized carbons (Fsp3) is 0.0333. The maximum atomic E-state index is 13.8. The lowest BCUT2D eigenvalue weighted by molar-refractivity contribution is 0.104. The minimum Gasteiger partial charge on any atom is -0.354 e. The lowest BCUT2D eigenvalue weighted by atomic mass is 9.87. The maximum Gasteiger partial charge on any atom is 0.195 e. The number of benzene rings is 5. The molecule has 1 heterocycles. The van der Waals surface area contributed by atoms with Gasteiger partial charge in [-0.25, -0.2) is 0 Å². The van der Waals surface area contributed by atoms with E-state index < -0.39 is 0 Å². The summed E-state index contributed by atoms with van der Waals surface area (Å²) in [6.07, 6.45) is 0. The summed E-state index contributed by atoms with van der Waals surface area (Å²) in [4.78, 5) is 17.4. The summed E-state index contributed by atoms with van der Waals surface area (Å²) in [6.45, 7) is 2.10. The number of carbonyl (C=O) groups excluding carboxylic acids is 1. The van der Waals surface area contributed by atoms with Crippen LogP contribution in [0.25, 0.3) is 43.7 Å². The van der Waals surface area contributed by atoms with Gasteiger partial charge in [0.2, 0.25) is 0 Å². The van der Waals surface area contributed by atoms with Gasteiger partial charge in [0.15, 0.2) is 5.78 Å². The van der Waals surface area contributed by atoms with E-state index in [4.69, 9.17) is 0 Å². The van der Waals surface area contributed by atoms with Crippen LogP contribution in [0.4, 0.5) is 0 Å². The van der Waals surface area contributed by atoms with Crippen molar-refractivity contribution in [2.45, 2.75) is 6.92 Å². The minimum absolute atomic E-state index is 0.0359. The van der Waals surface area contributed by atoms with Crippen molar-refractivity contribution in [3.63, 3.8) is 0 Å². The van der Waals surface area contributed by atoms with E-state index in [0.29, 0.717) is 5.56 Å². The smallest absolute Gasteiger partial charge is 0.195 e. The molecule has 0 spiro atoms. The average Bonchev–Trinajstić information content (AvgIpc) is 3.22. The number of aromatic amines is 1. The van der Waals surface area contributed by atoms with Gasteiger partial charge in [-0.15, -0.1) is 0 Å². The molecule has 0 saturated carbocycles. The zero-order valence-electron chi connectivity index (χ0n) is 17.7. The summed E-state index contributed by atoms with van der Waals surface area (Å²) in [5.41, 5.74) is 6.90. The van der Waals surface area contributed by atoms with E-state index in [1.807, 2.05) is 42.5 Å². The fourth-order valence-electron chi connectivity index (χ4n) is 4.77. The number of nitrogens with one attached hydrogen (secondary N) is 1. The Kier molecular flexibility index (Phi) is 4.19. The second kappa shape index (κ2) is 7.21. The molecule has 0 amide bonds. The van der Waals surface area contributed by atoms with Crippen LogP contribution in [0, 0.1) is 6.92 Å². The minimum atomic E-state index is 0.0359. The van der Waals surface area contributed by atoms with Crippen LogP contribution in [0.2, 0.25) is 0 Å². The number of carbonyl (C=O) groups is 1. The van der Waals surface area contributed by atoms with Gasteiger partial charge < -0.3 is 4.98 Å². The van der Waals surface area contributed by atoms with E-state index in [0.717, 1.165) is 49.3 Å². The quantitative estimate of drug-likeness (QED) is 0.298. The molecule has 0 atom stereocenters. The Morgan fingerprint density at radius 2 is 1.28 bits per heavy atom. The molecule has 0 unspecified atom stereocenters.